The van der Waals surface area contributed by atoms with E-state index in [1.165, 1.54) is 11.3 Å². The third-order valence-corrected chi connectivity index (χ3v) is 3.65. The van der Waals surface area contributed by atoms with Crippen molar-refractivity contribution in [3.63, 3.8) is 0 Å². The highest BCUT2D eigenvalue weighted by molar-refractivity contribution is 5.67. The molecule has 5 nitrogen and oxygen atoms in total. The predicted octanol–water partition coefficient (Wildman–Crippen LogP) is 2.14. The molecule has 0 saturated heterocycles. The van der Waals surface area contributed by atoms with E-state index in [2.05, 4.69) is 63.4 Å². The number of hydrogen-bond donors (Lipinski definition) is 1. The molecule has 1 N–H and O–H groups in total. The fraction of sp³-hybridized carbons (Fsp3) is 0.375. The van der Waals surface area contributed by atoms with Crippen molar-refractivity contribution >= 4 is 17.5 Å². The highest BCUT2D eigenvalue weighted by Crippen LogP contribution is 2.33. The molecule has 1 aromatic carbocycles. The minimum atomic E-state index is 0.693. The molecule has 1 aliphatic rings. The third kappa shape index (κ3) is 3.13. The van der Waals surface area contributed by atoms with Gasteiger partial charge in [0.15, 0.2) is 0 Å². The number of nitrogens with zero attached hydrogens (tertiary/aromatic N) is 4. The highest BCUT2D eigenvalue weighted by Gasteiger charge is 2.20. The van der Waals surface area contributed by atoms with Crippen LogP contribution in [0.15, 0.2) is 36.5 Å². The molecule has 0 fully saturated rings. The molecule has 0 amide bonds. The highest BCUT2D eigenvalue weighted by atomic mass is 15.2. The summed E-state index contributed by atoms with van der Waals surface area (Å²) in [4.78, 5) is 13.3. The van der Waals surface area contributed by atoms with Crippen LogP contribution in [0.25, 0.3) is 0 Å². The van der Waals surface area contributed by atoms with E-state index in [1.54, 1.807) is 0 Å². The maximum Gasteiger partial charge on any atom is 0.224 e. The van der Waals surface area contributed by atoms with Gasteiger partial charge in [-0.15, -0.1) is 0 Å². The molecule has 2 aromatic rings. The van der Waals surface area contributed by atoms with Crippen molar-refractivity contribution in [2.24, 2.45) is 0 Å². The summed E-state index contributed by atoms with van der Waals surface area (Å²) in [6, 6.07) is 10.5. The Morgan fingerprint density at radius 1 is 1.24 bits per heavy atom. The van der Waals surface area contributed by atoms with E-state index in [4.69, 9.17) is 0 Å². The van der Waals surface area contributed by atoms with E-state index in [0.29, 0.717) is 5.95 Å². The first kappa shape index (κ1) is 13.8. The second-order valence-electron chi connectivity index (χ2n) is 5.50. The molecule has 0 atom stereocenters. The Morgan fingerprint density at radius 2 is 2.10 bits per heavy atom. The van der Waals surface area contributed by atoms with E-state index in [0.717, 1.165) is 31.9 Å². The van der Waals surface area contributed by atoms with Crippen LogP contribution < -0.4 is 10.2 Å². The lowest BCUT2D eigenvalue weighted by Gasteiger charge is -2.19. The van der Waals surface area contributed by atoms with Crippen molar-refractivity contribution < 1.29 is 0 Å². The molecule has 3 rings (SSSR count). The van der Waals surface area contributed by atoms with Gasteiger partial charge in [0.2, 0.25) is 5.95 Å². The average molecular weight is 283 g/mol. The van der Waals surface area contributed by atoms with E-state index in [-0.39, 0.29) is 0 Å². The lowest BCUT2D eigenvalue weighted by Crippen LogP contribution is -2.22. The number of fused-ring (bicyclic) bond motifs is 1. The Bertz CT molecular complexity index is 611. The number of para-hydroxylation sites is 1. The first-order chi connectivity index (χ1) is 10.2. The zero-order valence-electron chi connectivity index (χ0n) is 12.6. The van der Waals surface area contributed by atoms with Crippen LogP contribution in [0.2, 0.25) is 0 Å². The topological polar surface area (TPSA) is 44.3 Å². The maximum atomic E-state index is 4.64. The standard InChI is InChI=1S/C16H21N5/c1-20(2)12-10-18-16-17-9-7-15(19-16)21-11-8-13-5-3-4-6-14(13)21/h3-7,9H,8,10-12H2,1-2H3,(H,17,18,19). The van der Waals surface area contributed by atoms with Gasteiger partial charge in [0, 0.05) is 31.5 Å². The van der Waals surface area contributed by atoms with Crippen LogP contribution in [0.5, 0.6) is 0 Å². The van der Waals surface area contributed by atoms with Gasteiger partial charge in [-0.2, -0.15) is 4.98 Å². The van der Waals surface area contributed by atoms with Gasteiger partial charge in [-0.3, -0.25) is 0 Å². The Balaban J connectivity index is 1.75. The average Bonchev–Trinajstić information content (AvgIpc) is 2.91. The number of anilines is 3. The van der Waals surface area contributed by atoms with Gasteiger partial charge in [0.25, 0.3) is 0 Å². The Hall–Kier alpha value is -2.14. The molecule has 0 spiro atoms. The lowest BCUT2D eigenvalue weighted by molar-refractivity contribution is 0.425. The van der Waals surface area contributed by atoms with Crippen LogP contribution in [-0.2, 0) is 6.42 Å². The summed E-state index contributed by atoms with van der Waals surface area (Å²) in [5.74, 6) is 1.65. The number of aromatic nitrogens is 2. The minimum absolute atomic E-state index is 0.693. The molecule has 21 heavy (non-hydrogen) atoms. The fourth-order valence-electron chi connectivity index (χ4n) is 2.55. The summed E-state index contributed by atoms with van der Waals surface area (Å²) in [5.41, 5.74) is 2.65. The third-order valence-electron chi connectivity index (χ3n) is 3.65. The Kier molecular flexibility index (Phi) is 4.01. The van der Waals surface area contributed by atoms with E-state index in [1.807, 2.05) is 12.3 Å². The quantitative estimate of drug-likeness (QED) is 0.911. The molecule has 110 valence electrons. The van der Waals surface area contributed by atoms with E-state index in [9.17, 15) is 0 Å². The summed E-state index contributed by atoms with van der Waals surface area (Å²) >= 11 is 0. The number of rotatable bonds is 5. The molecular formula is C16H21N5. The van der Waals surface area contributed by atoms with E-state index < -0.39 is 0 Å². The SMILES string of the molecule is CN(C)CCNc1nccc(N2CCc3ccccc32)n1. The molecule has 2 heterocycles. The molecule has 0 bridgehead atoms. The van der Waals surface area contributed by atoms with Gasteiger partial charge < -0.3 is 15.1 Å². The van der Waals surface area contributed by atoms with Crippen LogP contribution in [0.4, 0.5) is 17.5 Å². The first-order valence-corrected chi connectivity index (χ1v) is 7.31. The fourth-order valence-corrected chi connectivity index (χ4v) is 2.55. The van der Waals surface area contributed by atoms with Gasteiger partial charge in [0.1, 0.15) is 5.82 Å². The smallest absolute Gasteiger partial charge is 0.224 e. The predicted molar refractivity (Wildman–Crippen MR) is 86.2 cm³/mol. The second-order valence-corrected chi connectivity index (χ2v) is 5.50. The van der Waals surface area contributed by atoms with Gasteiger partial charge in [-0.25, -0.2) is 4.98 Å². The molecule has 1 aliphatic heterocycles. The maximum absolute atomic E-state index is 4.64. The number of benzene rings is 1. The molecule has 0 radical (unpaired) electrons. The molecule has 0 aliphatic carbocycles. The summed E-state index contributed by atoms with van der Waals surface area (Å²) in [6.45, 7) is 2.78. The molecule has 5 heteroatoms. The van der Waals surface area contributed by atoms with Crippen LogP contribution >= 0.6 is 0 Å². The number of nitrogens with one attached hydrogen (secondary N) is 1. The van der Waals surface area contributed by atoms with Gasteiger partial charge >= 0.3 is 0 Å². The van der Waals surface area contributed by atoms with Crippen LogP contribution in [0, 0.1) is 0 Å². The summed E-state index contributed by atoms with van der Waals surface area (Å²) in [5, 5.41) is 3.27. The Morgan fingerprint density at radius 3 is 2.95 bits per heavy atom. The van der Waals surface area contributed by atoms with Gasteiger partial charge in [-0.1, -0.05) is 18.2 Å². The molecule has 0 saturated carbocycles. The monoisotopic (exact) mass is 283 g/mol. The van der Waals surface area contributed by atoms with Crippen molar-refractivity contribution in [3.05, 3.63) is 42.1 Å². The zero-order chi connectivity index (χ0) is 14.7. The van der Waals surface area contributed by atoms with E-state index >= 15 is 0 Å². The lowest BCUT2D eigenvalue weighted by atomic mass is 10.2. The largest absolute Gasteiger partial charge is 0.353 e. The Labute approximate surface area is 125 Å². The summed E-state index contributed by atoms with van der Waals surface area (Å²) in [7, 11) is 4.11. The first-order valence-electron chi connectivity index (χ1n) is 7.31. The van der Waals surface area contributed by atoms with Gasteiger partial charge in [-0.05, 0) is 38.2 Å². The van der Waals surface area contributed by atoms with Crippen molar-refractivity contribution in [2.75, 3.05) is 43.9 Å². The van der Waals surface area contributed by atoms with Crippen molar-refractivity contribution in [2.45, 2.75) is 6.42 Å². The molecule has 0 unspecified atom stereocenters. The normalized spacial score (nSPS) is 13.6. The summed E-state index contributed by atoms with van der Waals surface area (Å²) in [6.07, 6.45) is 2.89. The molecule has 1 aromatic heterocycles. The second kappa shape index (κ2) is 6.10. The van der Waals surface area contributed by atoms with Crippen LogP contribution in [0.3, 0.4) is 0 Å². The van der Waals surface area contributed by atoms with Crippen LogP contribution in [-0.4, -0.2) is 48.6 Å². The molecular weight excluding hydrogens is 262 g/mol. The van der Waals surface area contributed by atoms with Crippen molar-refractivity contribution in [3.8, 4) is 0 Å². The zero-order valence-corrected chi connectivity index (χ0v) is 12.6. The summed E-state index contributed by atoms with van der Waals surface area (Å²) < 4.78 is 0. The van der Waals surface area contributed by atoms with Crippen molar-refractivity contribution in [1.82, 2.24) is 14.9 Å². The number of hydrogen-bond acceptors (Lipinski definition) is 5. The van der Waals surface area contributed by atoms with Crippen LogP contribution in [0.1, 0.15) is 5.56 Å². The van der Waals surface area contributed by atoms with Crippen molar-refractivity contribution in [1.29, 1.82) is 0 Å². The number of likely N-dealkylation sites (N-methyl/N-ethyl adjacent to an activating group) is 1. The van der Waals surface area contributed by atoms with Gasteiger partial charge in [0.05, 0.1) is 0 Å². The minimum Gasteiger partial charge on any atom is -0.353 e.